The zero-order valence-corrected chi connectivity index (χ0v) is 33.7. The van der Waals surface area contributed by atoms with Crippen LogP contribution in [0.25, 0.3) is 0 Å². The standard InChI is InChI=1S/C38H49N3O10S3/c1-37(2)30-17-11-12-18-32(30)40(23-13-15-25-52(44,45)46)34(37)19-9-7-6-8-10-20-35-38(3,4)31-27-29(54(50,51)39(5)28-36(42)43)21-22-33(31)41(35)24-14-16-26-53(47,48)49/h6-12,17-22,27H,13-16,23-26,28H2,1-5H3,(H2-,42,43,44,45,46,47,48,49)/p+1. The number of allylic oxidation sites excluding steroid dienone is 8. The van der Waals surface area contributed by atoms with Crippen LogP contribution in [0, 0.1) is 0 Å². The summed E-state index contributed by atoms with van der Waals surface area (Å²) in [6.45, 7) is 8.48. The molecule has 0 saturated carbocycles. The van der Waals surface area contributed by atoms with E-state index in [-0.39, 0.29) is 28.2 Å². The number of carbonyl (C=O) groups is 1. The van der Waals surface area contributed by atoms with Gasteiger partial charge < -0.3 is 10.0 Å². The van der Waals surface area contributed by atoms with Crippen molar-refractivity contribution in [2.24, 2.45) is 0 Å². The van der Waals surface area contributed by atoms with Crippen LogP contribution in [0.15, 0.2) is 95.6 Å². The van der Waals surface area contributed by atoms with Crippen molar-refractivity contribution in [2.75, 3.05) is 43.1 Å². The molecule has 0 unspecified atom stereocenters. The van der Waals surface area contributed by atoms with E-state index >= 15 is 0 Å². The third kappa shape index (κ3) is 10.2. The monoisotopic (exact) mass is 804 g/mol. The molecule has 0 atom stereocenters. The largest absolute Gasteiger partial charge is 0.480 e. The van der Waals surface area contributed by atoms with Crippen LogP contribution in [0.4, 0.5) is 11.4 Å². The maximum absolute atomic E-state index is 13.2. The molecule has 2 aromatic carbocycles. The number of carboxylic acids is 1. The topological polar surface area (TPSA) is 190 Å². The second kappa shape index (κ2) is 16.8. The number of aliphatic carboxylic acids is 1. The Hall–Kier alpha value is -3.93. The molecule has 0 spiro atoms. The second-order valence-electron chi connectivity index (χ2n) is 14.5. The van der Waals surface area contributed by atoms with E-state index in [4.69, 9.17) is 9.66 Å². The SMILES string of the molecule is CN(CC(=O)O)S(=O)(=O)c1ccc2c(c1)C(C)(C)\C(=C/C=C/C=C/C=C/C1=[N+](CCCCS(=O)(=O)O)c3ccccc3C1(C)C)N2CCCCS(=O)(=O)O. The van der Waals surface area contributed by atoms with E-state index in [1.807, 2.05) is 79.5 Å². The number of nitrogens with zero attached hydrogens (tertiary/aromatic N) is 3. The molecule has 54 heavy (non-hydrogen) atoms. The number of anilines is 1. The highest BCUT2D eigenvalue weighted by atomic mass is 32.2. The summed E-state index contributed by atoms with van der Waals surface area (Å²) in [7, 11) is -11.0. The molecule has 0 aliphatic carbocycles. The molecule has 2 aliphatic rings. The number of rotatable bonds is 18. The fraction of sp³-hybridized carbons (Fsp3) is 0.421. The molecule has 13 nitrogen and oxygen atoms in total. The van der Waals surface area contributed by atoms with Gasteiger partial charge in [-0.2, -0.15) is 25.7 Å². The predicted molar refractivity (Wildman–Crippen MR) is 210 cm³/mol. The zero-order chi connectivity index (χ0) is 40.1. The lowest BCUT2D eigenvalue weighted by Gasteiger charge is -2.27. The summed E-state index contributed by atoms with van der Waals surface area (Å²) in [5.41, 5.74) is 4.57. The predicted octanol–water partition coefficient (Wildman–Crippen LogP) is 5.45. The minimum absolute atomic E-state index is 0.0426. The normalized spacial score (nSPS) is 17.9. The summed E-state index contributed by atoms with van der Waals surface area (Å²) in [6, 6.07) is 12.8. The highest BCUT2D eigenvalue weighted by Crippen LogP contribution is 2.48. The van der Waals surface area contributed by atoms with E-state index in [9.17, 15) is 34.6 Å². The quantitative estimate of drug-likeness (QED) is 0.0752. The highest BCUT2D eigenvalue weighted by Gasteiger charge is 2.44. The number of unbranched alkanes of at least 4 members (excludes halogenated alkanes) is 2. The van der Waals surface area contributed by atoms with Crippen molar-refractivity contribution < 1.29 is 48.8 Å². The van der Waals surface area contributed by atoms with Crippen LogP contribution in [0.3, 0.4) is 0 Å². The minimum Gasteiger partial charge on any atom is -0.480 e. The van der Waals surface area contributed by atoms with Gasteiger partial charge in [-0.15, -0.1) is 0 Å². The van der Waals surface area contributed by atoms with E-state index in [0.717, 1.165) is 32.7 Å². The number of fused-ring (bicyclic) bond motifs is 2. The molecule has 0 fully saturated rings. The average Bonchev–Trinajstić information content (AvgIpc) is 3.41. The summed E-state index contributed by atoms with van der Waals surface area (Å²) in [5.74, 6) is -1.94. The van der Waals surface area contributed by atoms with Gasteiger partial charge in [0, 0.05) is 54.5 Å². The van der Waals surface area contributed by atoms with Gasteiger partial charge in [0.05, 0.1) is 21.8 Å². The van der Waals surface area contributed by atoms with Crippen LogP contribution in [0.5, 0.6) is 0 Å². The van der Waals surface area contributed by atoms with Crippen LogP contribution >= 0.6 is 0 Å². The van der Waals surface area contributed by atoms with Crippen LogP contribution in [0.2, 0.25) is 0 Å². The van der Waals surface area contributed by atoms with Crippen LogP contribution in [-0.2, 0) is 45.9 Å². The number of hydrogen-bond acceptors (Lipinski definition) is 8. The Labute approximate surface area is 319 Å². The molecule has 294 valence electrons. The third-order valence-corrected chi connectivity index (χ3v) is 13.2. The van der Waals surface area contributed by atoms with Gasteiger partial charge in [-0.3, -0.25) is 13.9 Å². The molecule has 2 aliphatic heterocycles. The van der Waals surface area contributed by atoms with Gasteiger partial charge in [0.1, 0.15) is 13.1 Å². The summed E-state index contributed by atoms with van der Waals surface area (Å²) in [6.07, 6.45) is 14.9. The van der Waals surface area contributed by atoms with Gasteiger partial charge in [-0.25, -0.2) is 8.42 Å². The molecule has 0 amide bonds. The fourth-order valence-corrected chi connectivity index (χ4v) is 9.27. The van der Waals surface area contributed by atoms with Gasteiger partial charge >= 0.3 is 5.97 Å². The molecule has 0 bridgehead atoms. The van der Waals surface area contributed by atoms with Gasteiger partial charge in [0.15, 0.2) is 5.71 Å². The first kappa shape index (κ1) is 42.8. The Morgan fingerprint density at radius 2 is 1.41 bits per heavy atom. The lowest BCUT2D eigenvalue weighted by Crippen LogP contribution is -2.32. The Kier molecular flexibility index (Phi) is 13.3. The van der Waals surface area contributed by atoms with Crippen molar-refractivity contribution >= 4 is 53.3 Å². The zero-order valence-electron chi connectivity index (χ0n) is 31.2. The number of hydrogen-bond donors (Lipinski definition) is 3. The molecule has 0 saturated heterocycles. The molecule has 0 aromatic heterocycles. The molecule has 2 aromatic rings. The highest BCUT2D eigenvalue weighted by molar-refractivity contribution is 7.89. The van der Waals surface area contributed by atoms with Crippen molar-refractivity contribution in [3.8, 4) is 0 Å². The number of benzene rings is 2. The van der Waals surface area contributed by atoms with Crippen molar-refractivity contribution in [1.82, 2.24) is 4.31 Å². The number of likely N-dealkylation sites (N-methyl/N-ethyl adjacent to an activating group) is 1. The van der Waals surface area contributed by atoms with Crippen molar-refractivity contribution in [1.29, 1.82) is 0 Å². The molecular weight excluding hydrogens is 755 g/mol. The first-order chi connectivity index (χ1) is 25.1. The van der Waals surface area contributed by atoms with Gasteiger partial charge in [-0.05, 0) is 62.9 Å². The van der Waals surface area contributed by atoms with Crippen LogP contribution in [-0.4, -0.2) is 98.2 Å². The second-order valence-corrected chi connectivity index (χ2v) is 19.6. The van der Waals surface area contributed by atoms with Gasteiger partial charge in [-0.1, -0.05) is 62.4 Å². The minimum atomic E-state index is -4.12. The summed E-state index contributed by atoms with van der Waals surface area (Å²) in [4.78, 5) is 13.2. The molecule has 2 heterocycles. The van der Waals surface area contributed by atoms with E-state index in [1.54, 1.807) is 12.1 Å². The first-order valence-corrected chi connectivity index (χ1v) is 22.2. The third-order valence-electron chi connectivity index (χ3n) is 9.75. The maximum Gasteiger partial charge on any atom is 0.318 e. The Morgan fingerprint density at radius 1 is 0.796 bits per heavy atom. The maximum atomic E-state index is 13.2. The Balaban J connectivity index is 1.59. The summed E-state index contributed by atoms with van der Waals surface area (Å²) < 4.78 is 92.9. The first-order valence-electron chi connectivity index (χ1n) is 17.5. The van der Waals surface area contributed by atoms with E-state index < -0.39 is 48.2 Å². The van der Waals surface area contributed by atoms with Crippen molar-refractivity contribution in [2.45, 2.75) is 69.1 Å². The van der Waals surface area contributed by atoms with E-state index in [0.29, 0.717) is 37.9 Å². The summed E-state index contributed by atoms with van der Waals surface area (Å²) >= 11 is 0. The molecular formula is C38H50N3O10S3+. The lowest BCUT2D eigenvalue weighted by molar-refractivity contribution is -0.438. The van der Waals surface area contributed by atoms with Crippen molar-refractivity contribution in [3.63, 3.8) is 0 Å². The van der Waals surface area contributed by atoms with Crippen molar-refractivity contribution in [3.05, 3.63) is 102 Å². The fourth-order valence-electron chi connectivity index (χ4n) is 6.99. The smallest absolute Gasteiger partial charge is 0.318 e. The Bertz CT molecular complexity index is 2240. The molecule has 4 rings (SSSR count). The van der Waals surface area contributed by atoms with Gasteiger partial charge in [0.25, 0.3) is 20.2 Å². The van der Waals surface area contributed by atoms with E-state index in [1.165, 1.54) is 13.1 Å². The molecule has 3 N–H and O–H groups in total. The number of sulfonamides is 1. The number of carboxylic acid groups (broad SMARTS) is 1. The Morgan fingerprint density at radius 3 is 2.06 bits per heavy atom. The lowest BCUT2D eigenvalue weighted by atomic mass is 9.81. The molecule has 16 heteroatoms. The van der Waals surface area contributed by atoms with Crippen LogP contribution in [0.1, 0.15) is 64.5 Å². The van der Waals surface area contributed by atoms with Crippen LogP contribution < -0.4 is 4.90 Å². The number of para-hydroxylation sites is 1. The van der Waals surface area contributed by atoms with Gasteiger partial charge in [0.2, 0.25) is 15.7 Å². The van der Waals surface area contributed by atoms with E-state index in [2.05, 4.69) is 24.5 Å². The molecule has 0 radical (unpaired) electrons. The summed E-state index contributed by atoms with van der Waals surface area (Å²) in [5, 5.41) is 9.16. The average molecular weight is 805 g/mol.